The molecule has 0 saturated carbocycles. The van der Waals surface area contributed by atoms with Gasteiger partial charge in [0, 0.05) is 20.1 Å². The van der Waals surface area contributed by atoms with Crippen molar-refractivity contribution in [1.82, 2.24) is 15.5 Å². The van der Waals surface area contributed by atoms with Gasteiger partial charge in [-0.3, -0.25) is 4.99 Å². The number of hydrogen-bond acceptors (Lipinski definition) is 3. The van der Waals surface area contributed by atoms with Crippen LogP contribution in [-0.4, -0.2) is 44.1 Å². The van der Waals surface area contributed by atoms with Crippen LogP contribution in [0.25, 0.3) is 0 Å². The molecule has 1 unspecified atom stereocenters. The van der Waals surface area contributed by atoms with Crippen LogP contribution in [0.1, 0.15) is 44.8 Å². The molecule has 0 saturated heterocycles. The Morgan fingerprint density at radius 2 is 2.10 bits per heavy atom. The van der Waals surface area contributed by atoms with Crippen molar-refractivity contribution in [3.63, 3.8) is 0 Å². The van der Waals surface area contributed by atoms with Crippen molar-refractivity contribution in [1.29, 1.82) is 0 Å². The Balaban J connectivity index is 2.38. The molecule has 0 fully saturated rings. The summed E-state index contributed by atoms with van der Waals surface area (Å²) in [5, 5.41) is 6.70. The lowest BCUT2D eigenvalue weighted by atomic mass is 10.2. The van der Waals surface area contributed by atoms with Crippen LogP contribution in [0.5, 0.6) is 0 Å². The number of nitrogens with one attached hydrogen (secondary N) is 2. The van der Waals surface area contributed by atoms with Gasteiger partial charge in [0.1, 0.15) is 11.5 Å². The Hall–Kier alpha value is -1.49. The Bertz CT molecular complexity index is 428. The molecule has 120 valence electrons. The van der Waals surface area contributed by atoms with Crippen molar-refractivity contribution in [2.24, 2.45) is 4.99 Å². The SMILES string of the molecule is CCCN(CC)CCNC(=NC)NC(C)c1ccc(C)o1. The summed E-state index contributed by atoms with van der Waals surface area (Å²) in [4.78, 5) is 6.69. The van der Waals surface area contributed by atoms with E-state index in [0.29, 0.717) is 0 Å². The van der Waals surface area contributed by atoms with Gasteiger partial charge < -0.3 is 20.0 Å². The summed E-state index contributed by atoms with van der Waals surface area (Å²) in [6.45, 7) is 12.6. The average molecular weight is 294 g/mol. The van der Waals surface area contributed by atoms with Gasteiger partial charge in [0.25, 0.3) is 0 Å². The monoisotopic (exact) mass is 294 g/mol. The Morgan fingerprint density at radius 3 is 2.62 bits per heavy atom. The third-order valence-corrected chi connectivity index (χ3v) is 3.47. The summed E-state index contributed by atoms with van der Waals surface area (Å²) in [7, 11) is 1.79. The van der Waals surface area contributed by atoms with Crippen molar-refractivity contribution in [2.45, 2.75) is 40.2 Å². The van der Waals surface area contributed by atoms with E-state index in [1.165, 1.54) is 6.42 Å². The molecule has 2 N–H and O–H groups in total. The first-order chi connectivity index (χ1) is 10.1. The standard InChI is InChI=1S/C16H30N4O/c1-6-11-20(7-2)12-10-18-16(17-5)19-14(4)15-9-8-13(3)21-15/h8-9,14H,6-7,10-12H2,1-5H3,(H2,17,18,19). The molecule has 1 atom stereocenters. The van der Waals surface area contributed by atoms with Gasteiger partial charge in [0.05, 0.1) is 6.04 Å². The van der Waals surface area contributed by atoms with Crippen molar-refractivity contribution >= 4 is 5.96 Å². The van der Waals surface area contributed by atoms with Crippen LogP contribution in [0.2, 0.25) is 0 Å². The summed E-state index contributed by atoms with van der Waals surface area (Å²) in [5.74, 6) is 2.67. The molecule has 21 heavy (non-hydrogen) atoms. The van der Waals surface area contributed by atoms with Gasteiger partial charge in [-0.1, -0.05) is 13.8 Å². The zero-order chi connectivity index (χ0) is 15.7. The average Bonchev–Trinajstić information content (AvgIpc) is 2.91. The van der Waals surface area contributed by atoms with E-state index in [0.717, 1.165) is 43.7 Å². The third-order valence-electron chi connectivity index (χ3n) is 3.47. The van der Waals surface area contributed by atoms with Gasteiger partial charge in [-0.05, 0) is 45.5 Å². The summed E-state index contributed by atoms with van der Waals surface area (Å²) < 4.78 is 5.63. The molecule has 0 aliphatic carbocycles. The molecule has 0 aliphatic heterocycles. The minimum Gasteiger partial charge on any atom is -0.464 e. The maximum atomic E-state index is 5.63. The number of rotatable bonds is 8. The van der Waals surface area contributed by atoms with E-state index >= 15 is 0 Å². The quantitative estimate of drug-likeness (QED) is 0.571. The van der Waals surface area contributed by atoms with Crippen LogP contribution in [-0.2, 0) is 0 Å². The smallest absolute Gasteiger partial charge is 0.191 e. The predicted molar refractivity (Wildman–Crippen MR) is 88.8 cm³/mol. The van der Waals surface area contributed by atoms with Crippen molar-refractivity contribution < 1.29 is 4.42 Å². The molecular weight excluding hydrogens is 264 g/mol. The molecule has 0 radical (unpaired) electrons. The number of guanidine groups is 1. The van der Waals surface area contributed by atoms with Gasteiger partial charge in [-0.15, -0.1) is 0 Å². The maximum absolute atomic E-state index is 5.63. The Labute approximate surface area is 128 Å². The third kappa shape index (κ3) is 6.21. The summed E-state index contributed by atoms with van der Waals surface area (Å²) >= 11 is 0. The van der Waals surface area contributed by atoms with Crippen LogP contribution < -0.4 is 10.6 Å². The number of aryl methyl sites for hydroxylation is 1. The van der Waals surface area contributed by atoms with Crippen LogP contribution >= 0.6 is 0 Å². The number of aliphatic imine (C=N–C) groups is 1. The Kier molecular flexibility index (Phi) is 7.90. The first-order valence-corrected chi connectivity index (χ1v) is 7.86. The van der Waals surface area contributed by atoms with Crippen molar-refractivity contribution in [3.8, 4) is 0 Å². The highest BCUT2D eigenvalue weighted by atomic mass is 16.3. The van der Waals surface area contributed by atoms with Crippen LogP contribution in [0.15, 0.2) is 21.5 Å². The molecular formula is C16H30N4O. The molecule has 0 amide bonds. The zero-order valence-electron chi connectivity index (χ0n) is 14.1. The molecule has 5 heteroatoms. The lowest BCUT2D eigenvalue weighted by molar-refractivity contribution is 0.292. The van der Waals surface area contributed by atoms with E-state index < -0.39 is 0 Å². The zero-order valence-corrected chi connectivity index (χ0v) is 14.1. The van der Waals surface area contributed by atoms with Crippen molar-refractivity contribution in [2.75, 3.05) is 33.2 Å². The molecule has 0 aliphatic rings. The minimum absolute atomic E-state index is 0.0998. The summed E-state index contributed by atoms with van der Waals surface area (Å²) in [6, 6.07) is 4.08. The fourth-order valence-electron chi connectivity index (χ4n) is 2.23. The fourth-order valence-corrected chi connectivity index (χ4v) is 2.23. The first-order valence-electron chi connectivity index (χ1n) is 7.86. The second kappa shape index (κ2) is 9.45. The van der Waals surface area contributed by atoms with Crippen LogP contribution in [0.3, 0.4) is 0 Å². The molecule has 5 nitrogen and oxygen atoms in total. The minimum atomic E-state index is 0.0998. The largest absolute Gasteiger partial charge is 0.464 e. The summed E-state index contributed by atoms with van der Waals surface area (Å²) in [6.07, 6.45) is 1.19. The fraction of sp³-hybridized carbons (Fsp3) is 0.688. The molecule has 1 rings (SSSR count). The molecule has 1 aromatic heterocycles. The van der Waals surface area contributed by atoms with Gasteiger partial charge >= 0.3 is 0 Å². The second-order valence-electron chi connectivity index (χ2n) is 5.25. The molecule has 0 bridgehead atoms. The highest BCUT2D eigenvalue weighted by Gasteiger charge is 2.11. The van der Waals surface area contributed by atoms with Gasteiger partial charge in [0.2, 0.25) is 0 Å². The normalized spacial score (nSPS) is 13.5. The van der Waals surface area contributed by atoms with E-state index in [9.17, 15) is 0 Å². The number of hydrogen-bond donors (Lipinski definition) is 2. The molecule has 1 heterocycles. The highest BCUT2D eigenvalue weighted by molar-refractivity contribution is 5.79. The van der Waals surface area contributed by atoms with E-state index in [1.54, 1.807) is 7.05 Å². The summed E-state index contributed by atoms with van der Waals surface area (Å²) in [5.41, 5.74) is 0. The topological polar surface area (TPSA) is 52.8 Å². The lowest BCUT2D eigenvalue weighted by Crippen LogP contribution is -2.42. The van der Waals surface area contributed by atoms with Crippen molar-refractivity contribution in [3.05, 3.63) is 23.7 Å². The van der Waals surface area contributed by atoms with Gasteiger partial charge in [-0.25, -0.2) is 0 Å². The predicted octanol–water partition coefficient (Wildman–Crippen LogP) is 2.55. The highest BCUT2D eigenvalue weighted by Crippen LogP contribution is 2.15. The van der Waals surface area contributed by atoms with Crippen LogP contribution in [0.4, 0.5) is 0 Å². The molecule has 1 aromatic rings. The Morgan fingerprint density at radius 1 is 1.33 bits per heavy atom. The lowest BCUT2D eigenvalue weighted by Gasteiger charge is -2.21. The number of furan rings is 1. The van der Waals surface area contributed by atoms with Gasteiger partial charge in [-0.2, -0.15) is 0 Å². The van der Waals surface area contributed by atoms with Crippen LogP contribution in [0, 0.1) is 6.92 Å². The van der Waals surface area contributed by atoms with Gasteiger partial charge in [0.15, 0.2) is 5.96 Å². The molecule has 0 spiro atoms. The van der Waals surface area contributed by atoms with E-state index in [1.807, 2.05) is 19.1 Å². The maximum Gasteiger partial charge on any atom is 0.191 e. The second-order valence-corrected chi connectivity index (χ2v) is 5.25. The number of nitrogens with zero attached hydrogens (tertiary/aromatic N) is 2. The van der Waals surface area contributed by atoms with E-state index in [-0.39, 0.29) is 6.04 Å². The molecule has 0 aromatic carbocycles. The van der Waals surface area contributed by atoms with E-state index in [4.69, 9.17) is 4.42 Å². The first kappa shape index (κ1) is 17.6. The number of likely N-dealkylation sites (N-methyl/N-ethyl adjacent to an activating group) is 1. The van der Waals surface area contributed by atoms with E-state index in [2.05, 4.69) is 41.3 Å².